The van der Waals surface area contributed by atoms with Gasteiger partial charge in [0.15, 0.2) is 0 Å². The van der Waals surface area contributed by atoms with Crippen molar-refractivity contribution in [2.24, 2.45) is 17.8 Å². The van der Waals surface area contributed by atoms with Crippen molar-refractivity contribution in [3.8, 4) is 0 Å². The standard InChI is InChI=1S/C16H28N2/c1-11-6-15(10-18(11)16-4-5-16)17-9-14-8-12-2-3-13(14)7-12/h11-17H,2-10H2,1H3. The van der Waals surface area contributed by atoms with Crippen molar-refractivity contribution in [2.75, 3.05) is 13.1 Å². The van der Waals surface area contributed by atoms with Crippen LogP contribution in [0.15, 0.2) is 0 Å². The third-order valence-corrected chi connectivity index (χ3v) is 6.19. The Balaban J connectivity index is 1.26. The van der Waals surface area contributed by atoms with Gasteiger partial charge in [-0.15, -0.1) is 0 Å². The minimum absolute atomic E-state index is 0.791. The van der Waals surface area contributed by atoms with E-state index in [9.17, 15) is 0 Å². The van der Waals surface area contributed by atoms with E-state index in [1.807, 2.05) is 0 Å². The van der Waals surface area contributed by atoms with Gasteiger partial charge in [0.2, 0.25) is 0 Å². The minimum Gasteiger partial charge on any atom is -0.312 e. The molecule has 4 rings (SSSR count). The highest BCUT2D eigenvalue weighted by Crippen LogP contribution is 2.48. The second kappa shape index (κ2) is 4.49. The van der Waals surface area contributed by atoms with Gasteiger partial charge in [0, 0.05) is 24.7 Å². The summed E-state index contributed by atoms with van der Waals surface area (Å²) in [6.07, 6.45) is 10.5. The van der Waals surface area contributed by atoms with Gasteiger partial charge in [-0.3, -0.25) is 4.90 Å². The highest BCUT2D eigenvalue weighted by atomic mass is 15.3. The van der Waals surface area contributed by atoms with Crippen LogP contribution in [0.2, 0.25) is 0 Å². The van der Waals surface area contributed by atoms with E-state index >= 15 is 0 Å². The Kier molecular flexibility index (Phi) is 2.92. The molecule has 0 amide bonds. The van der Waals surface area contributed by atoms with Crippen molar-refractivity contribution in [3.05, 3.63) is 0 Å². The third kappa shape index (κ3) is 2.12. The van der Waals surface area contributed by atoms with Gasteiger partial charge < -0.3 is 5.32 Å². The number of nitrogens with one attached hydrogen (secondary N) is 1. The highest BCUT2D eigenvalue weighted by molar-refractivity contribution is 4.97. The van der Waals surface area contributed by atoms with Crippen LogP contribution in [0.1, 0.15) is 51.9 Å². The predicted molar refractivity (Wildman–Crippen MR) is 74.5 cm³/mol. The smallest absolute Gasteiger partial charge is 0.0210 e. The molecule has 3 aliphatic carbocycles. The van der Waals surface area contributed by atoms with E-state index in [1.165, 1.54) is 51.6 Å². The molecule has 18 heavy (non-hydrogen) atoms. The van der Waals surface area contributed by atoms with Crippen molar-refractivity contribution < 1.29 is 0 Å². The van der Waals surface area contributed by atoms with Gasteiger partial charge in [0.05, 0.1) is 0 Å². The average Bonchev–Trinajstić information content (AvgIpc) is 2.83. The van der Waals surface area contributed by atoms with E-state index in [4.69, 9.17) is 0 Å². The molecule has 0 aromatic heterocycles. The lowest BCUT2D eigenvalue weighted by molar-refractivity contribution is 0.252. The number of rotatable bonds is 4. The lowest BCUT2D eigenvalue weighted by atomic mass is 9.88. The second-order valence-electron chi connectivity index (χ2n) is 7.55. The third-order valence-electron chi connectivity index (χ3n) is 6.19. The van der Waals surface area contributed by atoms with Crippen molar-refractivity contribution in [2.45, 2.75) is 70.0 Å². The molecule has 0 radical (unpaired) electrons. The van der Waals surface area contributed by atoms with Crippen LogP contribution < -0.4 is 5.32 Å². The van der Waals surface area contributed by atoms with Gasteiger partial charge >= 0.3 is 0 Å². The Hall–Kier alpha value is -0.0800. The molecule has 3 saturated carbocycles. The fourth-order valence-corrected chi connectivity index (χ4v) is 5.06. The number of fused-ring (bicyclic) bond motifs is 2. The number of hydrogen-bond donors (Lipinski definition) is 1. The Bertz CT molecular complexity index is 312. The first-order chi connectivity index (χ1) is 8.79. The van der Waals surface area contributed by atoms with Gasteiger partial charge in [0.25, 0.3) is 0 Å². The maximum Gasteiger partial charge on any atom is 0.0210 e. The molecule has 0 spiro atoms. The molecule has 2 heteroatoms. The Morgan fingerprint density at radius 3 is 2.61 bits per heavy atom. The van der Waals surface area contributed by atoms with Gasteiger partial charge in [-0.2, -0.15) is 0 Å². The number of likely N-dealkylation sites (tertiary alicyclic amines) is 1. The van der Waals surface area contributed by atoms with Crippen molar-refractivity contribution in [1.82, 2.24) is 10.2 Å². The molecule has 5 atom stereocenters. The Morgan fingerprint density at radius 1 is 1.06 bits per heavy atom. The molecule has 4 fully saturated rings. The van der Waals surface area contributed by atoms with E-state index in [-0.39, 0.29) is 0 Å². The zero-order chi connectivity index (χ0) is 12.1. The summed E-state index contributed by atoms with van der Waals surface area (Å²) < 4.78 is 0. The van der Waals surface area contributed by atoms with Crippen molar-refractivity contribution in [1.29, 1.82) is 0 Å². The molecule has 2 bridgehead atoms. The number of hydrogen-bond acceptors (Lipinski definition) is 2. The molecule has 5 unspecified atom stereocenters. The van der Waals surface area contributed by atoms with E-state index in [2.05, 4.69) is 17.1 Å². The van der Waals surface area contributed by atoms with Crippen LogP contribution >= 0.6 is 0 Å². The molecule has 1 aliphatic heterocycles. The first-order valence-corrected chi connectivity index (χ1v) is 8.28. The minimum atomic E-state index is 0.791. The monoisotopic (exact) mass is 248 g/mol. The van der Waals surface area contributed by atoms with E-state index in [0.29, 0.717) is 0 Å². The average molecular weight is 248 g/mol. The second-order valence-corrected chi connectivity index (χ2v) is 7.55. The zero-order valence-corrected chi connectivity index (χ0v) is 11.8. The van der Waals surface area contributed by atoms with Crippen LogP contribution in [0.25, 0.3) is 0 Å². The van der Waals surface area contributed by atoms with E-state index in [0.717, 1.165) is 35.9 Å². The van der Waals surface area contributed by atoms with Gasteiger partial charge in [-0.25, -0.2) is 0 Å². The Morgan fingerprint density at radius 2 is 1.94 bits per heavy atom. The normalized spacial score (nSPS) is 48.2. The van der Waals surface area contributed by atoms with Crippen LogP contribution in [-0.2, 0) is 0 Å². The molecule has 4 aliphatic rings. The summed E-state index contributed by atoms with van der Waals surface area (Å²) in [5, 5.41) is 3.91. The Labute approximate surface area is 111 Å². The SMILES string of the molecule is CC1CC(NCC2CC3CCC2C3)CN1C1CC1. The topological polar surface area (TPSA) is 15.3 Å². The summed E-state index contributed by atoms with van der Waals surface area (Å²) in [5.74, 6) is 3.21. The summed E-state index contributed by atoms with van der Waals surface area (Å²) >= 11 is 0. The highest BCUT2D eigenvalue weighted by Gasteiger charge is 2.41. The van der Waals surface area contributed by atoms with E-state index in [1.54, 1.807) is 6.42 Å². The van der Waals surface area contributed by atoms with Gasteiger partial charge in [-0.1, -0.05) is 6.42 Å². The summed E-state index contributed by atoms with van der Waals surface area (Å²) in [4.78, 5) is 2.76. The molecular formula is C16H28N2. The predicted octanol–water partition coefficient (Wildman–Crippen LogP) is 2.64. The van der Waals surface area contributed by atoms with Gasteiger partial charge in [-0.05, 0) is 69.7 Å². The fraction of sp³-hybridized carbons (Fsp3) is 1.00. The zero-order valence-electron chi connectivity index (χ0n) is 11.8. The summed E-state index contributed by atoms with van der Waals surface area (Å²) in [6.45, 7) is 5.07. The quantitative estimate of drug-likeness (QED) is 0.823. The molecule has 1 N–H and O–H groups in total. The first-order valence-electron chi connectivity index (χ1n) is 8.28. The maximum atomic E-state index is 3.91. The summed E-state index contributed by atoms with van der Waals surface area (Å²) in [5.41, 5.74) is 0. The first kappa shape index (κ1) is 11.7. The molecule has 0 aromatic rings. The van der Waals surface area contributed by atoms with Crippen LogP contribution in [-0.4, -0.2) is 36.1 Å². The van der Waals surface area contributed by atoms with E-state index < -0.39 is 0 Å². The van der Waals surface area contributed by atoms with Crippen LogP contribution in [0.5, 0.6) is 0 Å². The lowest BCUT2D eigenvalue weighted by Gasteiger charge is -2.24. The van der Waals surface area contributed by atoms with Crippen LogP contribution in [0.3, 0.4) is 0 Å². The molecule has 102 valence electrons. The largest absolute Gasteiger partial charge is 0.312 e. The molecular weight excluding hydrogens is 220 g/mol. The van der Waals surface area contributed by atoms with Crippen LogP contribution in [0.4, 0.5) is 0 Å². The molecule has 2 nitrogen and oxygen atoms in total. The maximum absolute atomic E-state index is 3.91. The van der Waals surface area contributed by atoms with Crippen LogP contribution in [0, 0.1) is 17.8 Å². The fourth-order valence-electron chi connectivity index (χ4n) is 5.06. The molecule has 1 heterocycles. The lowest BCUT2D eigenvalue weighted by Crippen LogP contribution is -2.37. The number of nitrogens with zero attached hydrogens (tertiary/aromatic N) is 1. The van der Waals surface area contributed by atoms with Crippen molar-refractivity contribution in [3.63, 3.8) is 0 Å². The van der Waals surface area contributed by atoms with Crippen molar-refractivity contribution >= 4 is 0 Å². The molecule has 1 saturated heterocycles. The summed E-state index contributed by atoms with van der Waals surface area (Å²) in [6, 6.07) is 2.57. The summed E-state index contributed by atoms with van der Waals surface area (Å²) in [7, 11) is 0. The molecule has 0 aromatic carbocycles. The van der Waals surface area contributed by atoms with Gasteiger partial charge in [0.1, 0.15) is 0 Å².